The van der Waals surface area contributed by atoms with E-state index in [2.05, 4.69) is 10.6 Å². The number of aliphatic hydroxyl groups is 1. The van der Waals surface area contributed by atoms with E-state index < -0.39 is 12.0 Å². The van der Waals surface area contributed by atoms with Gasteiger partial charge in [-0.25, -0.2) is 0 Å². The van der Waals surface area contributed by atoms with Crippen molar-refractivity contribution in [3.63, 3.8) is 0 Å². The van der Waals surface area contributed by atoms with Gasteiger partial charge in [0.05, 0.1) is 0 Å². The second kappa shape index (κ2) is 4.39. The summed E-state index contributed by atoms with van der Waals surface area (Å²) in [5, 5.41) is 15.2. The molecular weight excluding hydrogens is 158 g/mol. The summed E-state index contributed by atoms with van der Waals surface area (Å²) in [7, 11) is 0. The van der Waals surface area contributed by atoms with Gasteiger partial charge in [0, 0.05) is 19.1 Å². The van der Waals surface area contributed by atoms with Gasteiger partial charge in [-0.2, -0.15) is 0 Å². The third kappa shape index (κ3) is 2.77. The van der Waals surface area contributed by atoms with Crippen molar-refractivity contribution in [2.75, 3.05) is 19.6 Å². The number of hydrogen-bond donors (Lipinski definition) is 4. The van der Waals surface area contributed by atoms with Gasteiger partial charge in [0.2, 0.25) is 5.91 Å². The van der Waals surface area contributed by atoms with Crippen LogP contribution in [0.3, 0.4) is 0 Å². The molecule has 1 heterocycles. The zero-order chi connectivity index (χ0) is 8.97. The highest BCUT2D eigenvalue weighted by Crippen LogP contribution is 1.96. The van der Waals surface area contributed by atoms with E-state index in [4.69, 9.17) is 10.8 Å². The topological polar surface area (TPSA) is 87.4 Å². The fourth-order valence-corrected chi connectivity index (χ4v) is 1.21. The molecule has 0 spiro atoms. The Bertz CT molecular complexity index is 157. The van der Waals surface area contributed by atoms with Crippen molar-refractivity contribution in [1.29, 1.82) is 0 Å². The summed E-state index contributed by atoms with van der Waals surface area (Å²) in [5.41, 5.74) is 4.88. The maximum absolute atomic E-state index is 10.4. The standard InChI is InChI=1S/C7H15N3O2/c8-7(12)6(11)4-10-5-1-2-9-3-5/h5-6,9-11H,1-4H2,(H2,8,12). The number of amides is 1. The van der Waals surface area contributed by atoms with Crippen molar-refractivity contribution in [3.8, 4) is 0 Å². The van der Waals surface area contributed by atoms with Crippen LogP contribution in [0.4, 0.5) is 0 Å². The average Bonchev–Trinajstić information content (AvgIpc) is 2.51. The van der Waals surface area contributed by atoms with Gasteiger partial charge in [-0.05, 0) is 13.0 Å². The Hall–Kier alpha value is -0.650. The molecule has 1 fully saturated rings. The first-order valence-electron chi connectivity index (χ1n) is 4.11. The molecule has 12 heavy (non-hydrogen) atoms. The zero-order valence-corrected chi connectivity index (χ0v) is 6.92. The molecule has 1 amide bonds. The molecule has 0 bridgehead atoms. The van der Waals surface area contributed by atoms with Gasteiger partial charge in [-0.3, -0.25) is 4.79 Å². The number of nitrogens with two attached hydrogens (primary N) is 1. The van der Waals surface area contributed by atoms with Gasteiger partial charge in [0.1, 0.15) is 6.10 Å². The van der Waals surface area contributed by atoms with Crippen LogP contribution >= 0.6 is 0 Å². The van der Waals surface area contributed by atoms with Crippen LogP contribution < -0.4 is 16.4 Å². The predicted molar refractivity (Wildman–Crippen MR) is 44.5 cm³/mol. The normalized spacial score (nSPS) is 25.6. The quantitative estimate of drug-likeness (QED) is 0.388. The number of nitrogens with one attached hydrogen (secondary N) is 2. The van der Waals surface area contributed by atoms with E-state index in [0.717, 1.165) is 19.5 Å². The molecule has 0 aromatic carbocycles. The molecule has 0 aromatic rings. The van der Waals surface area contributed by atoms with E-state index >= 15 is 0 Å². The van der Waals surface area contributed by atoms with Crippen LogP contribution in [0.25, 0.3) is 0 Å². The average molecular weight is 173 g/mol. The second-order valence-corrected chi connectivity index (χ2v) is 3.02. The van der Waals surface area contributed by atoms with Gasteiger partial charge in [0.15, 0.2) is 0 Å². The van der Waals surface area contributed by atoms with Gasteiger partial charge in [-0.1, -0.05) is 0 Å². The Morgan fingerprint density at radius 1 is 1.83 bits per heavy atom. The van der Waals surface area contributed by atoms with Crippen molar-refractivity contribution < 1.29 is 9.90 Å². The van der Waals surface area contributed by atoms with Crippen molar-refractivity contribution in [3.05, 3.63) is 0 Å². The van der Waals surface area contributed by atoms with Crippen molar-refractivity contribution in [2.24, 2.45) is 5.73 Å². The molecule has 1 rings (SSSR count). The molecule has 0 aromatic heterocycles. The number of primary amides is 1. The van der Waals surface area contributed by atoms with E-state index in [1.165, 1.54) is 0 Å². The summed E-state index contributed by atoms with van der Waals surface area (Å²) in [6, 6.07) is 0.360. The van der Waals surface area contributed by atoms with E-state index in [-0.39, 0.29) is 6.54 Å². The fraction of sp³-hybridized carbons (Fsp3) is 0.857. The molecule has 5 nitrogen and oxygen atoms in total. The van der Waals surface area contributed by atoms with Crippen molar-refractivity contribution in [1.82, 2.24) is 10.6 Å². The Kier molecular flexibility index (Phi) is 3.46. The SMILES string of the molecule is NC(=O)C(O)CNC1CCNC1. The minimum absolute atomic E-state index is 0.252. The zero-order valence-electron chi connectivity index (χ0n) is 6.92. The van der Waals surface area contributed by atoms with Crippen molar-refractivity contribution >= 4 is 5.91 Å². The lowest BCUT2D eigenvalue weighted by Crippen LogP contribution is -2.42. The highest BCUT2D eigenvalue weighted by atomic mass is 16.3. The van der Waals surface area contributed by atoms with Crippen LogP contribution in [0.1, 0.15) is 6.42 Å². The molecule has 0 aliphatic carbocycles. The summed E-state index contributed by atoms with van der Waals surface area (Å²) in [5.74, 6) is -0.673. The third-order valence-corrected chi connectivity index (χ3v) is 1.99. The smallest absolute Gasteiger partial charge is 0.247 e. The molecule has 2 unspecified atom stereocenters. The van der Waals surface area contributed by atoms with Gasteiger partial charge in [-0.15, -0.1) is 0 Å². The maximum atomic E-state index is 10.4. The van der Waals surface area contributed by atoms with Crippen LogP contribution in [-0.4, -0.2) is 42.8 Å². The van der Waals surface area contributed by atoms with E-state index in [1.54, 1.807) is 0 Å². The lowest BCUT2D eigenvalue weighted by Gasteiger charge is -2.12. The van der Waals surface area contributed by atoms with Gasteiger partial charge < -0.3 is 21.5 Å². The first-order valence-corrected chi connectivity index (χ1v) is 4.11. The number of carbonyl (C=O) groups is 1. The molecule has 5 heteroatoms. The van der Waals surface area contributed by atoms with Crippen molar-refractivity contribution in [2.45, 2.75) is 18.6 Å². The number of rotatable bonds is 4. The number of aliphatic hydroxyl groups excluding tert-OH is 1. The van der Waals surface area contributed by atoms with Gasteiger partial charge >= 0.3 is 0 Å². The highest BCUT2D eigenvalue weighted by molar-refractivity contribution is 5.78. The molecule has 1 saturated heterocycles. The van der Waals surface area contributed by atoms with E-state index in [0.29, 0.717) is 6.04 Å². The van der Waals surface area contributed by atoms with Crippen LogP contribution in [0, 0.1) is 0 Å². The molecule has 5 N–H and O–H groups in total. The molecule has 2 atom stereocenters. The Morgan fingerprint density at radius 3 is 3.08 bits per heavy atom. The Labute approximate surface area is 71.3 Å². The summed E-state index contributed by atoms with van der Waals surface area (Å²) in [6.07, 6.45) is -0.0310. The summed E-state index contributed by atoms with van der Waals surface area (Å²) < 4.78 is 0. The van der Waals surface area contributed by atoms with Crippen LogP contribution in [0.5, 0.6) is 0 Å². The lowest BCUT2D eigenvalue weighted by atomic mass is 10.2. The largest absolute Gasteiger partial charge is 0.382 e. The summed E-state index contributed by atoms with van der Waals surface area (Å²) in [6.45, 7) is 2.14. The number of carbonyl (C=O) groups excluding carboxylic acids is 1. The molecule has 70 valence electrons. The molecule has 0 saturated carbocycles. The minimum Gasteiger partial charge on any atom is -0.382 e. The first-order chi connectivity index (χ1) is 5.70. The van der Waals surface area contributed by atoms with Crippen LogP contribution in [0.2, 0.25) is 0 Å². The molecular formula is C7H15N3O2. The fourth-order valence-electron chi connectivity index (χ4n) is 1.21. The third-order valence-electron chi connectivity index (χ3n) is 1.99. The van der Waals surface area contributed by atoms with E-state index in [1.807, 2.05) is 0 Å². The minimum atomic E-state index is -1.06. The Morgan fingerprint density at radius 2 is 2.58 bits per heavy atom. The van der Waals surface area contributed by atoms with E-state index in [9.17, 15) is 4.79 Å². The second-order valence-electron chi connectivity index (χ2n) is 3.02. The number of hydrogen-bond acceptors (Lipinski definition) is 4. The van der Waals surface area contributed by atoms with Crippen LogP contribution in [0.15, 0.2) is 0 Å². The Balaban J connectivity index is 2.11. The maximum Gasteiger partial charge on any atom is 0.247 e. The lowest BCUT2D eigenvalue weighted by molar-refractivity contribution is -0.125. The summed E-state index contributed by atoms with van der Waals surface area (Å²) in [4.78, 5) is 10.4. The van der Waals surface area contributed by atoms with Gasteiger partial charge in [0.25, 0.3) is 0 Å². The van der Waals surface area contributed by atoms with Crippen LogP contribution in [-0.2, 0) is 4.79 Å². The predicted octanol–water partition coefficient (Wildman–Crippen LogP) is -2.22. The monoisotopic (exact) mass is 173 g/mol. The summed E-state index contributed by atoms with van der Waals surface area (Å²) >= 11 is 0. The molecule has 1 aliphatic heterocycles. The highest BCUT2D eigenvalue weighted by Gasteiger charge is 2.16. The first kappa shape index (κ1) is 9.44. The molecule has 1 aliphatic rings. The molecule has 0 radical (unpaired) electrons.